The van der Waals surface area contributed by atoms with Crippen LogP contribution in [-0.4, -0.2) is 76.3 Å². The summed E-state index contributed by atoms with van der Waals surface area (Å²) in [5, 5.41) is 12.5. The number of rotatable bonds is 12. The van der Waals surface area contributed by atoms with Crippen molar-refractivity contribution in [2.24, 2.45) is 16.5 Å². The Morgan fingerprint density at radius 2 is 1.80 bits per heavy atom. The van der Waals surface area contributed by atoms with Gasteiger partial charge in [-0.15, -0.1) is 0 Å². The number of nitrogens with one attached hydrogen (secondary N) is 3. The Morgan fingerprint density at radius 1 is 1.08 bits per heavy atom. The normalized spacial score (nSPS) is 23.8. The number of hydrogen-bond donors (Lipinski definition) is 3. The molecule has 0 unspecified atom stereocenters. The van der Waals surface area contributed by atoms with E-state index in [2.05, 4.69) is 21.1 Å². The Morgan fingerprint density at radius 3 is 2.45 bits per heavy atom. The van der Waals surface area contributed by atoms with Gasteiger partial charge in [-0.05, 0) is 55.6 Å². The van der Waals surface area contributed by atoms with Gasteiger partial charge in [0, 0.05) is 30.9 Å². The maximum absolute atomic E-state index is 15.0. The highest BCUT2D eigenvalue weighted by Crippen LogP contribution is 2.41. The van der Waals surface area contributed by atoms with Gasteiger partial charge in [-0.25, -0.2) is 4.39 Å². The number of hydrogen-bond acceptors (Lipinski definition) is 7. The summed E-state index contributed by atoms with van der Waals surface area (Å²) >= 11 is 6.04. The molecule has 2 heterocycles. The molecule has 1 aromatic rings. The van der Waals surface area contributed by atoms with E-state index in [1.54, 1.807) is 6.07 Å². The van der Waals surface area contributed by atoms with Crippen molar-refractivity contribution >= 4 is 46.7 Å². The molecule has 11 nitrogen and oxygen atoms in total. The first-order chi connectivity index (χ1) is 23.2. The Bertz CT molecular complexity index is 1490. The average Bonchev–Trinajstić information content (AvgIpc) is 3.65. The molecule has 1 saturated heterocycles. The van der Waals surface area contributed by atoms with Crippen molar-refractivity contribution in [1.82, 2.24) is 20.9 Å². The number of halogens is 2. The summed E-state index contributed by atoms with van der Waals surface area (Å²) in [5.41, 5.74) is -1.45. The molecular weight excluding hydrogens is 653 g/mol. The van der Waals surface area contributed by atoms with Gasteiger partial charge in [-0.3, -0.25) is 24.0 Å². The largest absolute Gasteiger partial charge is 0.387 e. The number of likely N-dealkylation sites (tertiary alicyclic amines) is 1. The quantitative estimate of drug-likeness (QED) is 0.272. The lowest BCUT2D eigenvalue weighted by Gasteiger charge is -2.36. The van der Waals surface area contributed by atoms with Crippen LogP contribution in [0.2, 0.25) is 5.02 Å². The van der Waals surface area contributed by atoms with E-state index >= 15 is 4.39 Å². The number of carbonyl (C=O) groups excluding carboxylic acids is 5. The van der Waals surface area contributed by atoms with Gasteiger partial charge in [-0.2, -0.15) is 0 Å². The smallest absolute Gasteiger partial charge is 0.289 e. The highest BCUT2D eigenvalue weighted by Gasteiger charge is 2.56. The van der Waals surface area contributed by atoms with Gasteiger partial charge in [0.1, 0.15) is 12.1 Å². The van der Waals surface area contributed by atoms with Gasteiger partial charge in [-0.1, -0.05) is 76.2 Å². The van der Waals surface area contributed by atoms with Crippen molar-refractivity contribution < 1.29 is 33.2 Å². The molecule has 2 aliphatic heterocycles. The second kappa shape index (κ2) is 15.1. The fraction of sp³-hybridized carbons (Fsp3) is 0.667. The highest BCUT2D eigenvalue weighted by molar-refractivity contribution is 6.38. The highest BCUT2D eigenvalue weighted by atomic mass is 35.5. The van der Waals surface area contributed by atoms with E-state index < -0.39 is 58.5 Å². The molecule has 0 radical (unpaired) electrons. The Hall–Kier alpha value is -3.54. The van der Waals surface area contributed by atoms with Crippen LogP contribution < -0.4 is 16.0 Å². The Kier molecular flexibility index (Phi) is 11.4. The third-order valence-corrected chi connectivity index (χ3v) is 10.3. The molecule has 5 rings (SSSR count). The van der Waals surface area contributed by atoms with E-state index in [9.17, 15) is 24.0 Å². The molecule has 3 N–H and O–H groups in total. The van der Waals surface area contributed by atoms with E-state index in [1.807, 2.05) is 27.7 Å². The summed E-state index contributed by atoms with van der Waals surface area (Å²) in [5.74, 6) is -3.19. The van der Waals surface area contributed by atoms with Crippen LogP contribution >= 0.6 is 11.6 Å². The van der Waals surface area contributed by atoms with Crippen molar-refractivity contribution in [3.05, 3.63) is 34.6 Å². The van der Waals surface area contributed by atoms with Crippen LogP contribution in [0.5, 0.6) is 0 Å². The van der Waals surface area contributed by atoms with Crippen molar-refractivity contribution in [2.45, 2.75) is 135 Å². The number of Topliss-reactive ketones (excluding diaryl/α,β-unsaturated/α-hetero) is 1. The zero-order valence-electron chi connectivity index (χ0n) is 28.9. The van der Waals surface area contributed by atoms with Crippen molar-refractivity contribution in [3.63, 3.8) is 0 Å². The van der Waals surface area contributed by atoms with Crippen molar-refractivity contribution in [2.75, 3.05) is 6.54 Å². The minimum Gasteiger partial charge on any atom is -0.387 e. The first-order valence-electron chi connectivity index (χ1n) is 17.7. The summed E-state index contributed by atoms with van der Waals surface area (Å²) in [7, 11) is 0. The number of benzene rings is 1. The van der Waals surface area contributed by atoms with Crippen LogP contribution in [0.25, 0.3) is 0 Å². The number of nitrogens with zero attached hydrogens (tertiary/aromatic N) is 2. The average molecular weight is 702 g/mol. The van der Waals surface area contributed by atoms with Crippen LogP contribution in [0.3, 0.4) is 0 Å². The molecule has 4 amide bonds. The van der Waals surface area contributed by atoms with Crippen LogP contribution in [-0.2, 0) is 28.8 Å². The summed E-state index contributed by atoms with van der Waals surface area (Å²) in [4.78, 5) is 75.1. The maximum atomic E-state index is 15.0. The summed E-state index contributed by atoms with van der Waals surface area (Å²) in [6.07, 6.45) is 8.05. The number of carbonyl (C=O) groups is 5. The van der Waals surface area contributed by atoms with E-state index in [1.165, 1.54) is 17.0 Å². The second-order valence-electron chi connectivity index (χ2n) is 15.3. The van der Waals surface area contributed by atoms with E-state index in [0.717, 1.165) is 44.9 Å². The topological polar surface area (TPSA) is 146 Å². The zero-order valence-corrected chi connectivity index (χ0v) is 29.7. The molecule has 0 bridgehead atoms. The summed E-state index contributed by atoms with van der Waals surface area (Å²) in [6.45, 7) is 7.32. The molecule has 268 valence electrons. The molecule has 49 heavy (non-hydrogen) atoms. The van der Waals surface area contributed by atoms with Gasteiger partial charge in [0.05, 0.1) is 23.3 Å². The molecule has 4 aliphatic rings. The van der Waals surface area contributed by atoms with Gasteiger partial charge >= 0.3 is 0 Å². The van der Waals surface area contributed by atoms with Gasteiger partial charge in [0.15, 0.2) is 11.4 Å². The van der Waals surface area contributed by atoms with Gasteiger partial charge < -0.3 is 25.7 Å². The van der Waals surface area contributed by atoms with Crippen LogP contribution in [0, 0.1) is 17.2 Å². The molecule has 1 spiro atoms. The van der Waals surface area contributed by atoms with Crippen LogP contribution in [0.1, 0.15) is 110 Å². The number of oxime groups is 1. The lowest BCUT2D eigenvalue weighted by atomic mass is 9.84. The molecule has 1 aromatic carbocycles. The lowest BCUT2D eigenvalue weighted by Crippen LogP contribution is -2.59. The predicted octanol–water partition coefficient (Wildman–Crippen LogP) is 4.58. The fourth-order valence-electron chi connectivity index (χ4n) is 7.16. The lowest BCUT2D eigenvalue weighted by molar-refractivity contribution is -0.145. The van der Waals surface area contributed by atoms with E-state index in [4.69, 9.17) is 16.4 Å². The molecule has 0 aromatic heterocycles. The van der Waals surface area contributed by atoms with Crippen molar-refractivity contribution in [3.8, 4) is 0 Å². The molecule has 13 heteroatoms. The molecule has 4 atom stereocenters. The monoisotopic (exact) mass is 701 g/mol. The summed E-state index contributed by atoms with van der Waals surface area (Å²) < 4.78 is 15.0. The molecule has 2 aliphatic carbocycles. The van der Waals surface area contributed by atoms with Gasteiger partial charge in [0.2, 0.25) is 23.5 Å². The fourth-order valence-corrected chi connectivity index (χ4v) is 7.33. The maximum Gasteiger partial charge on any atom is 0.289 e. The van der Waals surface area contributed by atoms with Gasteiger partial charge in [0.25, 0.3) is 5.91 Å². The SMILES string of the molecule is CCC[C@H](NC(=O)[C@@H]1C[C@]2(CC(c3cccc(Cl)c3F)=NO2)CN1C(=O)[C@@H](NC(=O)CC1CCCCC1)C(C)(C)C)C(=O)C(=O)NC1CC1. The van der Waals surface area contributed by atoms with Crippen molar-refractivity contribution in [1.29, 1.82) is 0 Å². The second-order valence-corrected chi connectivity index (χ2v) is 15.7. The standard InChI is InChI=1S/C36H49ClFN5O6/c1-5-10-25(30(45)33(47)39-22-15-16-22)40-32(46)27-19-36(18-26(42-49-36)23-13-9-14-24(37)29(23)38)20-43(27)34(48)31(35(2,3)4)41-28(44)17-21-11-7-6-8-12-21/h9,13-14,21-22,25,27,31H,5-8,10-12,15-20H2,1-4H3,(H,39,47)(H,40,46)(H,41,44)/t25-,27-,31+,36+/m0/s1. The molecule has 2 saturated carbocycles. The number of ketones is 1. The minimum absolute atomic E-state index is 0.00600. The first-order valence-corrected chi connectivity index (χ1v) is 18.0. The van der Waals surface area contributed by atoms with Crippen LogP contribution in [0.15, 0.2) is 23.4 Å². The van der Waals surface area contributed by atoms with E-state index in [-0.39, 0.29) is 60.0 Å². The Labute approximate surface area is 292 Å². The predicted molar refractivity (Wildman–Crippen MR) is 182 cm³/mol. The summed E-state index contributed by atoms with van der Waals surface area (Å²) in [6, 6.07) is 1.35. The third-order valence-electron chi connectivity index (χ3n) is 10.1. The van der Waals surface area contributed by atoms with Crippen LogP contribution in [0.4, 0.5) is 4.39 Å². The van der Waals surface area contributed by atoms with E-state index in [0.29, 0.717) is 12.8 Å². The number of amides is 4. The zero-order chi connectivity index (χ0) is 35.5. The third kappa shape index (κ3) is 8.80. The first kappa shape index (κ1) is 36.7. The molecule has 3 fully saturated rings. The Balaban J connectivity index is 1.39. The minimum atomic E-state index is -1.18. The molecular formula is C36H49ClFN5O6.